The number of hydrogen-bond acceptors (Lipinski definition) is 5. The molecule has 0 aliphatic carbocycles. The highest BCUT2D eigenvalue weighted by atomic mass is 32.1. The van der Waals surface area contributed by atoms with E-state index in [0.717, 1.165) is 44.6 Å². The van der Waals surface area contributed by atoms with Crippen LogP contribution in [0, 0.1) is 5.41 Å². The van der Waals surface area contributed by atoms with E-state index in [4.69, 9.17) is 4.98 Å². The molecule has 5 heterocycles. The minimum Gasteiger partial charge on any atom is -0.353 e. The van der Waals surface area contributed by atoms with Gasteiger partial charge in [-0.1, -0.05) is 32.9 Å². The Balaban J connectivity index is 1.40. The molecule has 7 nitrogen and oxygen atoms in total. The minimum absolute atomic E-state index is 0.0670. The van der Waals surface area contributed by atoms with Gasteiger partial charge in [0.25, 0.3) is 0 Å². The molecule has 0 radical (unpaired) electrons. The first-order chi connectivity index (χ1) is 17.4. The van der Waals surface area contributed by atoms with Crippen molar-refractivity contribution in [3.8, 4) is 33.8 Å². The summed E-state index contributed by atoms with van der Waals surface area (Å²) >= 11 is 1.69. The maximum atomic E-state index is 12.4. The molecule has 1 aromatic carbocycles. The lowest BCUT2D eigenvalue weighted by atomic mass is 9.95. The summed E-state index contributed by atoms with van der Waals surface area (Å²) in [7, 11) is 0. The number of amides is 1. The summed E-state index contributed by atoms with van der Waals surface area (Å²) in [5, 5.41) is 16.0. The molecule has 0 fully saturated rings. The smallest absolute Gasteiger partial charge is 0.229 e. The van der Waals surface area contributed by atoms with Crippen molar-refractivity contribution in [2.24, 2.45) is 5.41 Å². The van der Waals surface area contributed by atoms with Crippen molar-refractivity contribution in [3.05, 3.63) is 71.7 Å². The van der Waals surface area contributed by atoms with E-state index in [9.17, 15) is 4.79 Å². The molecule has 5 aromatic heterocycles. The molecule has 0 aliphatic rings. The van der Waals surface area contributed by atoms with Crippen molar-refractivity contribution in [1.82, 2.24) is 25.1 Å². The number of H-pyrrole nitrogens is 2. The van der Waals surface area contributed by atoms with E-state index in [1.165, 1.54) is 11.1 Å². The van der Waals surface area contributed by atoms with Gasteiger partial charge in [0.2, 0.25) is 5.91 Å². The SMILES string of the molecule is CC(C)(C)C(=O)Nc1cncc(-c2ccc3[nH]nc(-c4cc5c(-c6ccsc6)cccc5[nH]4)c3n2)c1. The number of aromatic amines is 2. The van der Waals surface area contributed by atoms with E-state index < -0.39 is 5.41 Å². The number of anilines is 1. The van der Waals surface area contributed by atoms with Crippen LogP contribution in [0.15, 0.2) is 71.7 Å². The van der Waals surface area contributed by atoms with Gasteiger partial charge in [-0.2, -0.15) is 16.4 Å². The third-order valence-electron chi connectivity index (χ3n) is 6.13. The number of nitrogens with one attached hydrogen (secondary N) is 3. The predicted molar refractivity (Wildman–Crippen MR) is 146 cm³/mol. The number of hydrogen-bond donors (Lipinski definition) is 3. The Morgan fingerprint density at radius 2 is 1.89 bits per heavy atom. The molecular formula is C28H24N6OS. The van der Waals surface area contributed by atoms with Gasteiger partial charge in [-0.05, 0) is 58.3 Å². The molecule has 0 atom stereocenters. The average molecular weight is 493 g/mol. The lowest BCUT2D eigenvalue weighted by Gasteiger charge is -2.17. The Morgan fingerprint density at radius 1 is 1.00 bits per heavy atom. The van der Waals surface area contributed by atoms with Gasteiger partial charge in [0.1, 0.15) is 11.2 Å². The normalized spacial score (nSPS) is 11.9. The minimum atomic E-state index is -0.498. The number of carbonyl (C=O) groups is 1. The number of rotatable bonds is 4. The first kappa shape index (κ1) is 22.2. The number of fused-ring (bicyclic) bond motifs is 2. The molecule has 0 saturated carbocycles. The second-order valence-electron chi connectivity index (χ2n) is 9.79. The highest BCUT2D eigenvalue weighted by Crippen LogP contribution is 2.35. The summed E-state index contributed by atoms with van der Waals surface area (Å²) in [5.41, 5.74) is 8.40. The van der Waals surface area contributed by atoms with E-state index in [1.54, 1.807) is 23.7 Å². The Kier molecular flexibility index (Phi) is 5.19. The molecule has 6 aromatic rings. The summed E-state index contributed by atoms with van der Waals surface area (Å²) in [4.78, 5) is 25.2. The number of nitrogens with zero attached hydrogens (tertiary/aromatic N) is 3. The first-order valence-corrected chi connectivity index (χ1v) is 12.6. The quantitative estimate of drug-likeness (QED) is 0.250. The van der Waals surface area contributed by atoms with E-state index in [0.29, 0.717) is 5.69 Å². The third kappa shape index (κ3) is 3.95. The van der Waals surface area contributed by atoms with Gasteiger partial charge >= 0.3 is 0 Å². The zero-order chi connectivity index (χ0) is 24.9. The van der Waals surface area contributed by atoms with Crippen molar-refractivity contribution in [1.29, 1.82) is 0 Å². The fourth-order valence-electron chi connectivity index (χ4n) is 4.17. The highest BCUT2D eigenvalue weighted by Gasteiger charge is 2.21. The van der Waals surface area contributed by atoms with Gasteiger partial charge in [-0.15, -0.1) is 0 Å². The fourth-order valence-corrected chi connectivity index (χ4v) is 4.82. The maximum Gasteiger partial charge on any atom is 0.229 e. The maximum absolute atomic E-state index is 12.4. The van der Waals surface area contributed by atoms with E-state index in [-0.39, 0.29) is 5.91 Å². The first-order valence-electron chi connectivity index (χ1n) is 11.6. The largest absolute Gasteiger partial charge is 0.353 e. The zero-order valence-electron chi connectivity index (χ0n) is 20.1. The molecule has 8 heteroatoms. The van der Waals surface area contributed by atoms with Crippen LogP contribution in [-0.4, -0.2) is 31.1 Å². The van der Waals surface area contributed by atoms with E-state index in [2.05, 4.69) is 66.6 Å². The number of benzene rings is 1. The number of pyridine rings is 2. The van der Waals surface area contributed by atoms with Crippen LogP contribution < -0.4 is 5.32 Å². The van der Waals surface area contributed by atoms with Crippen LogP contribution in [0.3, 0.4) is 0 Å². The Bertz CT molecular complexity index is 1720. The lowest BCUT2D eigenvalue weighted by Crippen LogP contribution is -2.27. The predicted octanol–water partition coefficient (Wildman–Crippen LogP) is 6.88. The summed E-state index contributed by atoms with van der Waals surface area (Å²) in [5.74, 6) is -0.0670. The lowest BCUT2D eigenvalue weighted by molar-refractivity contribution is -0.123. The Morgan fingerprint density at radius 3 is 2.69 bits per heavy atom. The van der Waals surface area contributed by atoms with Crippen LogP contribution >= 0.6 is 11.3 Å². The van der Waals surface area contributed by atoms with Gasteiger partial charge in [0.15, 0.2) is 0 Å². The van der Waals surface area contributed by atoms with Crippen LogP contribution in [0.2, 0.25) is 0 Å². The van der Waals surface area contributed by atoms with Crippen LogP contribution in [0.1, 0.15) is 20.8 Å². The average Bonchev–Trinajstić information content (AvgIpc) is 3.62. The molecule has 0 bridgehead atoms. The van der Waals surface area contributed by atoms with E-state index in [1.807, 2.05) is 39.0 Å². The molecule has 0 saturated heterocycles. The van der Waals surface area contributed by atoms with Gasteiger partial charge in [-0.25, -0.2) is 4.98 Å². The number of carbonyl (C=O) groups excluding carboxylic acids is 1. The Hall–Kier alpha value is -4.30. The van der Waals surface area contributed by atoms with Crippen molar-refractivity contribution in [2.75, 3.05) is 5.32 Å². The number of aromatic nitrogens is 5. The van der Waals surface area contributed by atoms with Crippen LogP contribution in [-0.2, 0) is 4.79 Å². The van der Waals surface area contributed by atoms with Crippen molar-refractivity contribution in [3.63, 3.8) is 0 Å². The summed E-state index contributed by atoms with van der Waals surface area (Å²) < 4.78 is 0. The standard InChI is InChI=1S/C28H24N6OS/c1-28(2,3)27(35)30-18-11-17(13-29-14-18)21-7-8-23-25(32-21)26(34-33-23)24-12-20-19(16-9-10-36-15-16)5-4-6-22(20)31-24/h4-15,31H,1-3H3,(H,30,35)(H,33,34). The molecule has 0 aliphatic heterocycles. The second kappa shape index (κ2) is 8.42. The molecule has 1 amide bonds. The van der Waals surface area contributed by atoms with Gasteiger partial charge in [0.05, 0.1) is 28.8 Å². The summed E-state index contributed by atoms with van der Waals surface area (Å²) in [6.45, 7) is 5.63. The van der Waals surface area contributed by atoms with Crippen molar-refractivity contribution < 1.29 is 4.79 Å². The molecular weight excluding hydrogens is 468 g/mol. The van der Waals surface area contributed by atoms with Crippen molar-refractivity contribution in [2.45, 2.75) is 20.8 Å². The summed E-state index contributed by atoms with van der Waals surface area (Å²) in [6, 6.07) is 16.3. The molecule has 3 N–H and O–H groups in total. The molecule has 178 valence electrons. The van der Waals surface area contributed by atoms with Crippen molar-refractivity contribution >= 4 is 44.9 Å². The monoisotopic (exact) mass is 492 g/mol. The highest BCUT2D eigenvalue weighted by molar-refractivity contribution is 7.08. The van der Waals surface area contributed by atoms with Crippen LogP contribution in [0.25, 0.3) is 55.7 Å². The van der Waals surface area contributed by atoms with Crippen LogP contribution in [0.4, 0.5) is 5.69 Å². The molecule has 6 rings (SSSR count). The third-order valence-corrected chi connectivity index (χ3v) is 6.82. The fraction of sp³-hybridized carbons (Fsp3) is 0.143. The Labute approximate surface area is 211 Å². The molecule has 0 unspecified atom stereocenters. The second-order valence-corrected chi connectivity index (χ2v) is 10.6. The zero-order valence-corrected chi connectivity index (χ0v) is 20.9. The van der Waals surface area contributed by atoms with Gasteiger partial charge in [0, 0.05) is 28.1 Å². The van der Waals surface area contributed by atoms with E-state index >= 15 is 0 Å². The van der Waals surface area contributed by atoms with Crippen LogP contribution in [0.5, 0.6) is 0 Å². The number of thiophene rings is 1. The van der Waals surface area contributed by atoms with Gasteiger partial charge in [-0.3, -0.25) is 14.9 Å². The molecule has 0 spiro atoms. The van der Waals surface area contributed by atoms with Gasteiger partial charge < -0.3 is 10.3 Å². The summed E-state index contributed by atoms with van der Waals surface area (Å²) in [6.07, 6.45) is 3.39. The topological polar surface area (TPSA) is 99.4 Å². The molecule has 36 heavy (non-hydrogen) atoms.